The third kappa shape index (κ3) is 10.9. The highest BCUT2D eigenvalue weighted by Gasteiger charge is 2.20. The van der Waals surface area contributed by atoms with Crippen LogP contribution >= 0.6 is 23.2 Å². The van der Waals surface area contributed by atoms with Crippen molar-refractivity contribution in [2.24, 2.45) is 0 Å². The average Bonchev–Trinajstić information content (AvgIpc) is 3.18. The third-order valence-electron chi connectivity index (χ3n) is 8.50. The first kappa shape index (κ1) is 37.1. The minimum absolute atomic E-state index is 0.0307. The molecule has 2 aromatic heterocycles. The summed E-state index contributed by atoms with van der Waals surface area (Å²) < 4.78 is 17.5. The Balaban J connectivity index is 0.929. The highest BCUT2D eigenvalue weighted by molar-refractivity contribution is 6.32. The zero-order valence-corrected chi connectivity index (χ0v) is 30.6. The summed E-state index contributed by atoms with van der Waals surface area (Å²) in [5, 5.41) is 9.81. The second kappa shape index (κ2) is 18.2. The number of amides is 1. The first-order chi connectivity index (χ1) is 25.8. The van der Waals surface area contributed by atoms with Gasteiger partial charge in [0.2, 0.25) is 11.8 Å². The van der Waals surface area contributed by atoms with Crippen LogP contribution in [0.5, 0.6) is 23.1 Å². The first-order valence-corrected chi connectivity index (χ1v) is 17.8. The lowest BCUT2D eigenvalue weighted by Gasteiger charge is -2.34. The van der Waals surface area contributed by atoms with Crippen LogP contribution in [-0.4, -0.2) is 58.5 Å². The highest BCUT2D eigenvalue weighted by Crippen LogP contribution is 2.34. The van der Waals surface area contributed by atoms with Gasteiger partial charge in [-0.1, -0.05) is 65.7 Å². The second-order valence-corrected chi connectivity index (χ2v) is 13.2. The van der Waals surface area contributed by atoms with Gasteiger partial charge in [0.1, 0.15) is 29.9 Å². The van der Waals surface area contributed by atoms with Crippen LogP contribution in [0.2, 0.25) is 10.2 Å². The normalized spacial score (nSPS) is 13.3. The molecule has 1 saturated heterocycles. The minimum atomic E-state index is -0.0307. The summed E-state index contributed by atoms with van der Waals surface area (Å²) in [5.41, 5.74) is 5.48. The summed E-state index contributed by atoms with van der Waals surface area (Å²) in [4.78, 5) is 25.6. The van der Waals surface area contributed by atoms with Crippen molar-refractivity contribution in [3.63, 3.8) is 0 Å². The monoisotopic (exact) mass is 745 g/mol. The number of carbonyl (C=O) groups is 1. The fourth-order valence-electron chi connectivity index (χ4n) is 5.61. The van der Waals surface area contributed by atoms with Gasteiger partial charge in [0.25, 0.3) is 0 Å². The van der Waals surface area contributed by atoms with Gasteiger partial charge in [-0.15, -0.1) is 0 Å². The van der Waals surface area contributed by atoms with E-state index in [1.54, 1.807) is 67.0 Å². The lowest BCUT2D eigenvalue weighted by atomic mass is 10.1. The fourth-order valence-corrected chi connectivity index (χ4v) is 6.04. The summed E-state index contributed by atoms with van der Waals surface area (Å²) in [6.07, 6.45) is 10.6. The molecule has 6 rings (SSSR count). The lowest BCUT2D eigenvalue weighted by Crippen LogP contribution is -2.47. The number of pyridine rings is 2. The van der Waals surface area contributed by atoms with Gasteiger partial charge >= 0.3 is 0 Å². The molecule has 0 N–H and O–H groups in total. The average molecular weight is 747 g/mol. The number of nitrogens with zero attached hydrogens (tertiary/aromatic N) is 5. The zero-order valence-electron chi connectivity index (χ0n) is 29.1. The van der Waals surface area contributed by atoms with Crippen LogP contribution in [0, 0.1) is 18.3 Å². The number of piperazine rings is 1. The Hall–Kier alpha value is -5.66. The van der Waals surface area contributed by atoms with E-state index in [0.29, 0.717) is 65.2 Å². The maximum absolute atomic E-state index is 13.0. The van der Waals surface area contributed by atoms with Crippen molar-refractivity contribution in [1.29, 1.82) is 5.26 Å². The summed E-state index contributed by atoms with van der Waals surface area (Å²) in [5.74, 6) is 2.10. The van der Waals surface area contributed by atoms with Crippen molar-refractivity contribution < 1.29 is 19.0 Å². The molecule has 1 aliphatic rings. The summed E-state index contributed by atoms with van der Waals surface area (Å²) >= 11 is 12.4. The van der Waals surface area contributed by atoms with Gasteiger partial charge in [0, 0.05) is 44.9 Å². The number of halogens is 2. The van der Waals surface area contributed by atoms with Gasteiger partial charge in [0.15, 0.2) is 5.75 Å². The maximum atomic E-state index is 13.0. The van der Waals surface area contributed by atoms with E-state index < -0.39 is 0 Å². The number of hydrogen-bond donors (Lipinski definition) is 0. The van der Waals surface area contributed by atoms with E-state index >= 15 is 0 Å². The molecule has 0 bridgehead atoms. The SMILES string of the molecule is Cc1cc(/C=C/C(=O)N2CCN(Cc3ccc(/C=C/COc4ccc(Cl)nc4)cc3)CC2)cc(Cl)c1Oc1ccc(OCc2ccc(C#N)cc2)cn1. The van der Waals surface area contributed by atoms with Gasteiger partial charge in [-0.05, 0) is 89.4 Å². The highest BCUT2D eigenvalue weighted by atomic mass is 35.5. The van der Waals surface area contributed by atoms with Crippen LogP contribution < -0.4 is 14.2 Å². The van der Waals surface area contributed by atoms with Crippen LogP contribution in [0.4, 0.5) is 0 Å². The lowest BCUT2D eigenvalue weighted by molar-refractivity contribution is -0.127. The van der Waals surface area contributed by atoms with Crippen molar-refractivity contribution in [3.05, 3.63) is 153 Å². The Labute approximate surface area is 319 Å². The van der Waals surface area contributed by atoms with E-state index in [1.807, 2.05) is 42.2 Å². The maximum Gasteiger partial charge on any atom is 0.246 e. The van der Waals surface area contributed by atoms with Crippen molar-refractivity contribution in [2.75, 3.05) is 32.8 Å². The predicted molar refractivity (Wildman–Crippen MR) is 207 cm³/mol. The molecule has 0 atom stereocenters. The molecule has 53 heavy (non-hydrogen) atoms. The summed E-state index contributed by atoms with van der Waals surface area (Å²) in [6, 6.07) is 28.5. The molecule has 0 spiro atoms. The predicted octanol–water partition coefficient (Wildman–Crippen LogP) is 8.78. The second-order valence-electron chi connectivity index (χ2n) is 12.4. The topological polar surface area (TPSA) is 101 Å². The van der Waals surface area contributed by atoms with Crippen LogP contribution in [0.3, 0.4) is 0 Å². The molecule has 5 aromatic rings. The molecule has 268 valence electrons. The number of carbonyl (C=O) groups excluding carboxylic acids is 1. The molecule has 1 fully saturated rings. The van der Waals surface area contributed by atoms with E-state index in [1.165, 1.54) is 5.56 Å². The Kier molecular flexibility index (Phi) is 12.7. The van der Waals surface area contributed by atoms with E-state index in [9.17, 15) is 4.79 Å². The molecular formula is C42H37Cl2N5O4. The van der Waals surface area contributed by atoms with Crippen molar-refractivity contribution in [3.8, 4) is 29.2 Å². The molecule has 0 aliphatic carbocycles. The third-order valence-corrected chi connectivity index (χ3v) is 9.01. The van der Waals surface area contributed by atoms with E-state index in [0.717, 1.165) is 41.9 Å². The quantitative estimate of drug-likeness (QED) is 0.0871. The van der Waals surface area contributed by atoms with Gasteiger partial charge in [-0.25, -0.2) is 9.97 Å². The summed E-state index contributed by atoms with van der Waals surface area (Å²) in [6.45, 7) is 6.43. The smallest absolute Gasteiger partial charge is 0.246 e. The Bertz CT molecular complexity index is 2070. The Morgan fingerprint density at radius 2 is 1.55 bits per heavy atom. The van der Waals surface area contributed by atoms with Crippen LogP contribution in [-0.2, 0) is 17.9 Å². The first-order valence-electron chi connectivity index (χ1n) is 17.1. The molecule has 0 saturated carbocycles. The summed E-state index contributed by atoms with van der Waals surface area (Å²) in [7, 11) is 0. The minimum Gasteiger partial charge on any atom is -0.488 e. The molecule has 11 heteroatoms. The van der Waals surface area contributed by atoms with Gasteiger partial charge in [0.05, 0.1) is 29.0 Å². The van der Waals surface area contributed by atoms with E-state index in [-0.39, 0.29) is 5.91 Å². The van der Waals surface area contributed by atoms with Gasteiger partial charge in [-0.3, -0.25) is 9.69 Å². The number of nitriles is 1. The van der Waals surface area contributed by atoms with Crippen molar-refractivity contribution >= 4 is 41.3 Å². The van der Waals surface area contributed by atoms with Crippen LogP contribution in [0.1, 0.15) is 33.4 Å². The molecule has 0 unspecified atom stereocenters. The van der Waals surface area contributed by atoms with Crippen LogP contribution in [0.15, 0.2) is 109 Å². The van der Waals surface area contributed by atoms with Crippen LogP contribution in [0.25, 0.3) is 12.2 Å². The van der Waals surface area contributed by atoms with Crippen molar-refractivity contribution in [2.45, 2.75) is 20.1 Å². The number of aromatic nitrogens is 2. The molecular weight excluding hydrogens is 709 g/mol. The molecule has 9 nitrogen and oxygen atoms in total. The number of rotatable bonds is 13. The Morgan fingerprint density at radius 3 is 2.23 bits per heavy atom. The molecule has 1 amide bonds. The number of hydrogen-bond acceptors (Lipinski definition) is 8. The molecule has 1 aliphatic heterocycles. The van der Waals surface area contributed by atoms with E-state index in [2.05, 4.69) is 45.2 Å². The number of benzene rings is 3. The molecule has 3 aromatic carbocycles. The van der Waals surface area contributed by atoms with Gasteiger partial charge < -0.3 is 19.1 Å². The van der Waals surface area contributed by atoms with Gasteiger partial charge in [-0.2, -0.15) is 5.26 Å². The molecule has 3 heterocycles. The standard InChI is InChI=1S/C42H37Cl2N5O4/c1-30-23-35(24-38(43)42(30)53-40-16-14-37(27-47-40)52-29-34-10-6-32(25-45)7-11-34)12-17-41(50)49-20-18-48(19-21-49)28-33-8-4-31(5-9-33)3-2-22-51-36-13-15-39(44)46-26-36/h2-17,23-24,26-27H,18-22,28-29H2,1H3/b3-2+,17-12+. The van der Waals surface area contributed by atoms with Crippen molar-refractivity contribution in [1.82, 2.24) is 19.8 Å². The Morgan fingerprint density at radius 1 is 0.830 bits per heavy atom. The zero-order chi connectivity index (χ0) is 37.0. The fraction of sp³-hybridized carbons (Fsp3) is 0.190. The number of aryl methyl sites for hydroxylation is 1. The number of ether oxygens (including phenoxy) is 3. The molecule has 0 radical (unpaired) electrons. The largest absolute Gasteiger partial charge is 0.488 e. The van der Waals surface area contributed by atoms with E-state index in [4.69, 9.17) is 42.7 Å².